The summed E-state index contributed by atoms with van der Waals surface area (Å²) < 4.78 is 6.54. The third-order valence-electron chi connectivity index (χ3n) is 2.46. The summed E-state index contributed by atoms with van der Waals surface area (Å²) in [4.78, 5) is 4.45. The molecule has 1 aromatic carbocycles. The largest absolute Gasteiger partial charge is 0.486 e. The predicted octanol–water partition coefficient (Wildman–Crippen LogP) is 3.54. The minimum Gasteiger partial charge on any atom is -0.486 e. The molecule has 0 atom stereocenters. The van der Waals surface area contributed by atoms with Crippen molar-refractivity contribution >= 4 is 27.3 Å². The zero-order chi connectivity index (χ0) is 13.0. The molecule has 0 unspecified atom stereocenters. The number of nitrogens with zero attached hydrogens (tertiary/aromatic N) is 1. The van der Waals surface area contributed by atoms with Crippen LogP contribution in [0, 0.1) is 0 Å². The Balaban J connectivity index is 2.01. The average molecular weight is 328 g/mol. The third-order valence-corrected chi connectivity index (χ3v) is 4.12. The van der Waals surface area contributed by atoms with Crippen molar-refractivity contribution in [3.63, 3.8) is 0 Å². The quantitative estimate of drug-likeness (QED) is 0.913. The zero-order valence-electron chi connectivity index (χ0n) is 10.0. The summed E-state index contributed by atoms with van der Waals surface area (Å²) in [6.45, 7) is 2.59. The number of aromatic nitrogens is 1. The Hall–Kier alpha value is -0.910. The number of aryl methyl sites for hydroxylation is 1. The first-order valence-electron chi connectivity index (χ1n) is 5.68. The summed E-state index contributed by atoms with van der Waals surface area (Å²) in [6, 6.07) is 5.55. The molecule has 0 radical (unpaired) electrons. The number of ether oxygens (including phenoxy) is 1. The van der Waals surface area contributed by atoms with Crippen molar-refractivity contribution in [3.05, 3.63) is 44.3 Å². The first-order chi connectivity index (χ1) is 8.72. The maximum absolute atomic E-state index is 9.02. The lowest BCUT2D eigenvalue weighted by Crippen LogP contribution is -1.97. The molecular weight excluding hydrogens is 314 g/mol. The van der Waals surface area contributed by atoms with Crippen LogP contribution in [0.25, 0.3) is 0 Å². The molecule has 0 amide bonds. The molecule has 2 rings (SSSR count). The second kappa shape index (κ2) is 6.31. The molecule has 5 heteroatoms. The number of thiazole rings is 1. The maximum Gasteiger partial charge on any atom is 0.134 e. The van der Waals surface area contributed by atoms with Crippen LogP contribution >= 0.6 is 27.3 Å². The second-order valence-corrected chi connectivity index (χ2v) is 5.59. The van der Waals surface area contributed by atoms with Crippen molar-refractivity contribution in [1.29, 1.82) is 0 Å². The molecule has 0 aliphatic heterocycles. The van der Waals surface area contributed by atoms with E-state index in [0.29, 0.717) is 6.61 Å². The summed E-state index contributed by atoms with van der Waals surface area (Å²) in [5, 5.41) is 12.2. The smallest absolute Gasteiger partial charge is 0.134 e. The monoisotopic (exact) mass is 327 g/mol. The van der Waals surface area contributed by atoms with E-state index in [1.165, 1.54) is 0 Å². The minimum atomic E-state index is 0.0326. The van der Waals surface area contributed by atoms with Gasteiger partial charge in [0.25, 0.3) is 0 Å². The van der Waals surface area contributed by atoms with Gasteiger partial charge in [-0.25, -0.2) is 4.98 Å². The molecule has 0 spiro atoms. The second-order valence-electron chi connectivity index (χ2n) is 3.80. The fourth-order valence-electron chi connectivity index (χ4n) is 1.49. The van der Waals surface area contributed by atoms with E-state index >= 15 is 0 Å². The molecule has 3 nitrogen and oxygen atoms in total. The molecule has 0 saturated heterocycles. The van der Waals surface area contributed by atoms with E-state index < -0.39 is 0 Å². The highest BCUT2D eigenvalue weighted by Gasteiger charge is 2.05. The maximum atomic E-state index is 9.02. The van der Waals surface area contributed by atoms with Crippen molar-refractivity contribution in [3.8, 4) is 5.75 Å². The molecule has 0 aliphatic carbocycles. The van der Waals surface area contributed by atoms with Gasteiger partial charge in [-0.05, 0) is 40.0 Å². The Kier molecular flexibility index (Phi) is 4.74. The number of benzene rings is 1. The molecule has 18 heavy (non-hydrogen) atoms. The van der Waals surface area contributed by atoms with Gasteiger partial charge < -0.3 is 9.84 Å². The van der Waals surface area contributed by atoms with Crippen molar-refractivity contribution < 1.29 is 9.84 Å². The summed E-state index contributed by atoms with van der Waals surface area (Å²) in [5.74, 6) is 0.762. The molecule has 0 aliphatic rings. The topological polar surface area (TPSA) is 42.4 Å². The number of aliphatic hydroxyl groups excluding tert-OH is 1. The highest BCUT2D eigenvalue weighted by molar-refractivity contribution is 9.10. The first-order valence-corrected chi connectivity index (χ1v) is 7.35. The van der Waals surface area contributed by atoms with Gasteiger partial charge in [-0.3, -0.25) is 0 Å². The molecule has 2 aromatic rings. The molecular formula is C13H14BrNO2S. The lowest BCUT2D eigenvalue weighted by molar-refractivity contribution is 0.280. The summed E-state index contributed by atoms with van der Waals surface area (Å²) in [7, 11) is 0. The average Bonchev–Trinajstić information content (AvgIpc) is 2.85. The van der Waals surface area contributed by atoms with Gasteiger partial charge in [0.1, 0.15) is 12.4 Å². The highest BCUT2D eigenvalue weighted by atomic mass is 79.9. The Bertz CT molecular complexity index is 527. The van der Waals surface area contributed by atoms with Crippen LogP contribution < -0.4 is 4.74 Å². The zero-order valence-corrected chi connectivity index (χ0v) is 12.4. The summed E-state index contributed by atoms with van der Waals surface area (Å²) >= 11 is 5.09. The van der Waals surface area contributed by atoms with Crippen LogP contribution in [0.2, 0.25) is 0 Å². The first kappa shape index (κ1) is 13.5. The van der Waals surface area contributed by atoms with E-state index in [0.717, 1.165) is 32.9 Å². The van der Waals surface area contributed by atoms with E-state index in [2.05, 4.69) is 27.8 Å². The van der Waals surface area contributed by atoms with Crippen LogP contribution in [0.1, 0.15) is 23.2 Å². The van der Waals surface area contributed by atoms with Crippen LogP contribution in [0.15, 0.2) is 28.1 Å². The van der Waals surface area contributed by atoms with Crippen LogP contribution in [-0.4, -0.2) is 10.1 Å². The minimum absolute atomic E-state index is 0.0326. The number of hydrogen-bond acceptors (Lipinski definition) is 4. The van der Waals surface area contributed by atoms with Crippen molar-refractivity contribution in [2.24, 2.45) is 0 Å². The molecule has 0 bridgehead atoms. The van der Waals surface area contributed by atoms with Crippen molar-refractivity contribution in [1.82, 2.24) is 4.98 Å². The van der Waals surface area contributed by atoms with E-state index in [1.54, 1.807) is 11.3 Å². The van der Waals surface area contributed by atoms with Crippen LogP contribution in [0.4, 0.5) is 0 Å². The van der Waals surface area contributed by atoms with Gasteiger partial charge in [-0.1, -0.05) is 13.0 Å². The lowest BCUT2D eigenvalue weighted by atomic mass is 10.2. The fraction of sp³-hybridized carbons (Fsp3) is 0.308. The van der Waals surface area contributed by atoms with Gasteiger partial charge in [-0.15, -0.1) is 11.3 Å². The Morgan fingerprint density at radius 2 is 2.28 bits per heavy atom. The Morgan fingerprint density at radius 3 is 2.89 bits per heavy atom. The number of halogens is 1. The molecule has 0 saturated carbocycles. The lowest BCUT2D eigenvalue weighted by Gasteiger charge is -2.07. The molecule has 96 valence electrons. The molecule has 0 fully saturated rings. The van der Waals surface area contributed by atoms with Crippen LogP contribution in [-0.2, 0) is 19.6 Å². The summed E-state index contributed by atoms with van der Waals surface area (Å²) in [5.41, 5.74) is 1.81. The van der Waals surface area contributed by atoms with Crippen LogP contribution in [0.3, 0.4) is 0 Å². The van der Waals surface area contributed by atoms with Crippen molar-refractivity contribution in [2.75, 3.05) is 0 Å². The Labute approximate surface area is 119 Å². The molecule has 1 N–H and O–H groups in total. The highest BCUT2D eigenvalue weighted by Crippen LogP contribution is 2.27. The van der Waals surface area contributed by atoms with E-state index in [1.807, 2.05) is 23.6 Å². The van der Waals surface area contributed by atoms with Crippen LogP contribution in [0.5, 0.6) is 5.75 Å². The number of hydrogen-bond donors (Lipinski definition) is 1. The third kappa shape index (κ3) is 3.31. The SMILES string of the molecule is CCc1nc(COc2ccc(CO)cc2Br)cs1. The molecule has 1 heterocycles. The standard InChI is InChI=1S/C13H14BrNO2S/c1-2-13-15-10(8-18-13)7-17-12-4-3-9(6-16)5-11(12)14/h3-5,8,16H,2,6-7H2,1H3. The van der Waals surface area contributed by atoms with Gasteiger partial charge in [0, 0.05) is 5.38 Å². The molecule has 1 aromatic heterocycles. The van der Waals surface area contributed by atoms with Gasteiger partial charge in [0.05, 0.1) is 21.8 Å². The van der Waals surface area contributed by atoms with Gasteiger partial charge in [0.15, 0.2) is 0 Å². The van der Waals surface area contributed by atoms with Gasteiger partial charge in [0.2, 0.25) is 0 Å². The fourth-order valence-corrected chi connectivity index (χ4v) is 2.76. The summed E-state index contributed by atoms with van der Waals surface area (Å²) in [6.07, 6.45) is 0.958. The predicted molar refractivity (Wildman–Crippen MR) is 75.9 cm³/mol. The number of aliphatic hydroxyl groups is 1. The van der Waals surface area contributed by atoms with Gasteiger partial charge >= 0.3 is 0 Å². The Morgan fingerprint density at radius 1 is 1.44 bits per heavy atom. The van der Waals surface area contributed by atoms with E-state index in [9.17, 15) is 0 Å². The van der Waals surface area contributed by atoms with Gasteiger partial charge in [-0.2, -0.15) is 0 Å². The van der Waals surface area contributed by atoms with E-state index in [4.69, 9.17) is 9.84 Å². The van der Waals surface area contributed by atoms with Crippen molar-refractivity contribution in [2.45, 2.75) is 26.6 Å². The number of rotatable bonds is 5. The van der Waals surface area contributed by atoms with E-state index in [-0.39, 0.29) is 6.61 Å². The normalized spacial score (nSPS) is 10.6.